The molecule has 0 amide bonds. The van der Waals surface area contributed by atoms with Crippen molar-refractivity contribution in [3.8, 4) is 0 Å². The Morgan fingerprint density at radius 1 is 0.857 bits per heavy atom. The molecule has 1 N–H and O–H groups in total. The van der Waals surface area contributed by atoms with E-state index in [9.17, 15) is 0 Å². The zero-order chi connectivity index (χ0) is 10.9. The van der Waals surface area contributed by atoms with Crippen LogP contribution < -0.4 is 0 Å². The first-order chi connectivity index (χ1) is 6.56. The van der Waals surface area contributed by atoms with Gasteiger partial charge in [0.05, 0.1) is 0 Å². The average molecular weight is 237 g/mol. The van der Waals surface area contributed by atoms with E-state index in [-0.39, 0.29) is 0 Å². The SMILES string of the molecule is C[Si](C)(Cl)CCCCCCCCCO. The Morgan fingerprint density at radius 3 is 1.71 bits per heavy atom. The monoisotopic (exact) mass is 236 g/mol. The molecule has 14 heavy (non-hydrogen) atoms. The molecule has 0 unspecified atom stereocenters. The predicted molar refractivity (Wildman–Crippen MR) is 67.5 cm³/mol. The minimum atomic E-state index is -1.30. The minimum absolute atomic E-state index is 0.353. The lowest BCUT2D eigenvalue weighted by Gasteiger charge is -2.11. The molecular formula is C11H25ClOSi. The summed E-state index contributed by atoms with van der Waals surface area (Å²) in [6, 6.07) is 1.26. The van der Waals surface area contributed by atoms with Gasteiger partial charge in [0, 0.05) is 6.61 Å². The minimum Gasteiger partial charge on any atom is -0.396 e. The molecule has 0 radical (unpaired) electrons. The molecule has 0 saturated carbocycles. The first-order valence-electron chi connectivity index (χ1n) is 5.86. The Labute approximate surface area is 94.6 Å². The first-order valence-corrected chi connectivity index (χ1v) is 10.1. The van der Waals surface area contributed by atoms with Crippen molar-refractivity contribution in [1.29, 1.82) is 0 Å². The molecule has 86 valence electrons. The van der Waals surface area contributed by atoms with Crippen LogP contribution in [0.1, 0.15) is 44.9 Å². The highest BCUT2D eigenvalue weighted by atomic mass is 35.6. The van der Waals surface area contributed by atoms with Gasteiger partial charge < -0.3 is 5.11 Å². The fourth-order valence-corrected chi connectivity index (χ4v) is 3.03. The number of hydrogen-bond donors (Lipinski definition) is 1. The Balaban J connectivity index is 2.99. The van der Waals surface area contributed by atoms with Gasteiger partial charge in [0.15, 0.2) is 0 Å². The normalized spacial score (nSPS) is 12.0. The summed E-state index contributed by atoms with van der Waals surface area (Å²) in [5.74, 6) is 0. The van der Waals surface area contributed by atoms with E-state index in [0.717, 1.165) is 6.42 Å². The van der Waals surface area contributed by atoms with E-state index in [2.05, 4.69) is 13.1 Å². The molecule has 0 atom stereocenters. The van der Waals surface area contributed by atoms with Crippen molar-refractivity contribution in [1.82, 2.24) is 0 Å². The number of aliphatic hydroxyl groups excluding tert-OH is 1. The molecule has 0 fully saturated rings. The Kier molecular flexibility index (Phi) is 9.04. The van der Waals surface area contributed by atoms with E-state index < -0.39 is 7.38 Å². The fourth-order valence-electron chi connectivity index (χ4n) is 1.54. The number of halogens is 1. The van der Waals surface area contributed by atoms with Gasteiger partial charge in [-0.05, 0) is 12.5 Å². The summed E-state index contributed by atoms with van der Waals surface area (Å²) in [6.45, 7) is 4.79. The second-order valence-corrected chi connectivity index (χ2v) is 11.7. The van der Waals surface area contributed by atoms with Gasteiger partial charge in [0.1, 0.15) is 7.38 Å². The third kappa shape index (κ3) is 12.5. The molecule has 1 nitrogen and oxygen atoms in total. The van der Waals surface area contributed by atoms with Gasteiger partial charge in [-0.15, -0.1) is 0 Å². The van der Waals surface area contributed by atoms with E-state index in [4.69, 9.17) is 16.2 Å². The summed E-state index contributed by atoms with van der Waals surface area (Å²) < 4.78 is 0. The number of unbranched alkanes of at least 4 members (excludes halogenated alkanes) is 6. The molecule has 0 aliphatic heterocycles. The molecule has 0 heterocycles. The lowest BCUT2D eigenvalue weighted by molar-refractivity contribution is 0.282. The molecule has 0 aromatic rings. The summed E-state index contributed by atoms with van der Waals surface area (Å²) in [5.41, 5.74) is 0. The largest absolute Gasteiger partial charge is 0.396 e. The van der Waals surface area contributed by atoms with Gasteiger partial charge in [0.25, 0.3) is 0 Å². The van der Waals surface area contributed by atoms with Gasteiger partial charge in [-0.25, -0.2) is 0 Å². The molecule has 0 rings (SSSR count). The van der Waals surface area contributed by atoms with Gasteiger partial charge in [-0.2, -0.15) is 11.1 Å². The van der Waals surface area contributed by atoms with Crippen LogP contribution >= 0.6 is 11.1 Å². The summed E-state index contributed by atoms with van der Waals surface area (Å²) in [6.07, 6.45) is 8.75. The van der Waals surface area contributed by atoms with Crippen LogP contribution in [0, 0.1) is 0 Å². The van der Waals surface area contributed by atoms with E-state index >= 15 is 0 Å². The van der Waals surface area contributed by atoms with Crippen LogP contribution in [-0.2, 0) is 0 Å². The van der Waals surface area contributed by atoms with Gasteiger partial charge in [0.2, 0.25) is 0 Å². The Morgan fingerprint density at radius 2 is 1.29 bits per heavy atom. The van der Waals surface area contributed by atoms with Crippen molar-refractivity contribution in [3.63, 3.8) is 0 Å². The fraction of sp³-hybridized carbons (Fsp3) is 1.00. The molecule has 0 aliphatic rings. The van der Waals surface area contributed by atoms with Crippen LogP contribution in [0.3, 0.4) is 0 Å². The Hall–Kier alpha value is 0.467. The van der Waals surface area contributed by atoms with Crippen LogP contribution in [0.2, 0.25) is 19.1 Å². The first kappa shape index (κ1) is 14.5. The van der Waals surface area contributed by atoms with Crippen molar-refractivity contribution >= 4 is 18.5 Å². The van der Waals surface area contributed by atoms with Crippen LogP contribution in [0.4, 0.5) is 0 Å². The van der Waals surface area contributed by atoms with Crippen LogP contribution in [0.15, 0.2) is 0 Å². The zero-order valence-corrected chi connectivity index (χ0v) is 11.4. The number of aliphatic hydroxyl groups is 1. The van der Waals surface area contributed by atoms with Crippen molar-refractivity contribution in [2.75, 3.05) is 6.61 Å². The van der Waals surface area contributed by atoms with Gasteiger partial charge in [-0.3, -0.25) is 0 Å². The van der Waals surface area contributed by atoms with Crippen LogP contribution in [-0.4, -0.2) is 19.1 Å². The molecule has 0 aromatic heterocycles. The summed E-state index contributed by atoms with van der Waals surface area (Å²) in [7, 11) is -1.30. The lowest BCUT2D eigenvalue weighted by atomic mass is 10.1. The van der Waals surface area contributed by atoms with Gasteiger partial charge >= 0.3 is 0 Å². The second kappa shape index (κ2) is 8.75. The topological polar surface area (TPSA) is 20.2 Å². The van der Waals surface area contributed by atoms with E-state index in [0.29, 0.717) is 6.61 Å². The quantitative estimate of drug-likeness (QED) is 0.362. The van der Waals surface area contributed by atoms with Crippen LogP contribution in [0.5, 0.6) is 0 Å². The van der Waals surface area contributed by atoms with Crippen molar-refractivity contribution < 1.29 is 5.11 Å². The number of hydrogen-bond acceptors (Lipinski definition) is 1. The molecule has 0 aromatic carbocycles. The summed E-state index contributed by atoms with van der Waals surface area (Å²) in [5, 5.41) is 8.59. The van der Waals surface area contributed by atoms with Crippen molar-refractivity contribution in [2.24, 2.45) is 0 Å². The highest BCUT2D eigenvalue weighted by molar-refractivity contribution is 7.19. The molecule has 0 aliphatic carbocycles. The van der Waals surface area contributed by atoms with Crippen molar-refractivity contribution in [3.05, 3.63) is 0 Å². The van der Waals surface area contributed by atoms with Crippen LogP contribution in [0.25, 0.3) is 0 Å². The number of rotatable bonds is 9. The van der Waals surface area contributed by atoms with E-state index in [1.807, 2.05) is 0 Å². The maximum absolute atomic E-state index is 8.59. The van der Waals surface area contributed by atoms with Gasteiger partial charge in [-0.1, -0.05) is 51.6 Å². The molecule has 0 spiro atoms. The maximum atomic E-state index is 8.59. The second-order valence-electron chi connectivity index (χ2n) is 4.67. The highest BCUT2D eigenvalue weighted by Crippen LogP contribution is 2.19. The maximum Gasteiger partial charge on any atom is 0.150 e. The molecule has 0 saturated heterocycles. The van der Waals surface area contributed by atoms with E-state index in [1.54, 1.807) is 0 Å². The predicted octanol–water partition coefficient (Wildman–Crippen LogP) is 4.15. The third-order valence-electron chi connectivity index (χ3n) is 2.43. The van der Waals surface area contributed by atoms with E-state index in [1.165, 1.54) is 44.6 Å². The third-order valence-corrected chi connectivity index (χ3v) is 4.54. The Bertz CT molecular complexity index is 123. The summed E-state index contributed by atoms with van der Waals surface area (Å²) >= 11 is 6.23. The smallest absolute Gasteiger partial charge is 0.150 e. The molecule has 0 bridgehead atoms. The zero-order valence-electron chi connectivity index (χ0n) is 9.69. The molecule has 3 heteroatoms. The highest BCUT2D eigenvalue weighted by Gasteiger charge is 2.15. The van der Waals surface area contributed by atoms with Crippen molar-refractivity contribution in [2.45, 2.75) is 64.1 Å². The summed E-state index contributed by atoms with van der Waals surface area (Å²) in [4.78, 5) is 0. The average Bonchev–Trinajstić information content (AvgIpc) is 2.08. The standard InChI is InChI=1S/C11H25ClOSi/c1-14(2,12)11-9-7-5-3-4-6-8-10-13/h13H,3-11H2,1-2H3. The molecular weight excluding hydrogens is 212 g/mol. The lowest BCUT2D eigenvalue weighted by Crippen LogP contribution is -2.14.